The minimum Gasteiger partial charge on any atom is -0.389 e. The molecule has 2 aliphatic heterocycles. The minimum atomic E-state index is -0.631. The summed E-state index contributed by atoms with van der Waals surface area (Å²) in [6, 6.07) is -0.0782. The van der Waals surface area contributed by atoms with Crippen molar-refractivity contribution in [3.05, 3.63) is 0 Å². The van der Waals surface area contributed by atoms with Crippen molar-refractivity contribution < 1.29 is 19.3 Å². The summed E-state index contributed by atoms with van der Waals surface area (Å²) in [4.78, 5) is 1.95. The van der Waals surface area contributed by atoms with Crippen molar-refractivity contribution in [3.8, 4) is 0 Å². The molecular formula is C10H19NO4. The van der Waals surface area contributed by atoms with Crippen LogP contribution in [-0.2, 0) is 14.2 Å². The topological polar surface area (TPSA) is 51.2 Å². The Morgan fingerprint density at radius 2 is 1.93 bits per heavy atom. The molecule has 2 fully saturated rings. The first-order chi connectivity index (χ1) is 6.91. The van der Waals surface area contributed by atoms with Crippen molar-refractivity contribution in [2.24, 2.45) is 0 Å². The lowest BCUT2D eigenvalue weighted by molar-refractivity contribution is -0.208. The highest BCUT2D eigenvalue weighted by molar-refractivity contribution is 4.94. The molecule has 2 rings (SSSR count). The molecule has 5 heteroatoms. The van der Waals surface area contributed by atoms with Crippen molar-refractivity contribution in [3.63, 3.8) is 0 Å². The first-order valence-corrected chi connectivity index (χ1v) is 5.22. The molecule has 0 aromatic heterocycles. The Hall–Kier alpha value is -0.200. The molecule has 0 radical (unpaired) electrons. The van der Waals surface area contributed by atoms with Gasteiger partial charge in [-0.25, -0.2) is 0 Å². The largest absolute Gasteiger partial charge is 0.389 e. The highest BCUT2D eigenvalue weighted by atomic mass is 16.8. The van der Waals surface area contributed by atoms with Crippen LogP contribution in [0.3, 0.4) is 0 Å². The molecule has 0 spiro atoms. The summed E-state index contributed by atoms with van der Waals surface area (Å²) in [5, 5.41) is 9.85. The molecule has 0 aliphatic carbocycles. The number of aliphatic hydroxyl groups is 1. The molecule has 0 aromatic rings. The van der Waals surface area contributed by atoms with Gasteiger partial charge in [0.25, 0.3) is 0 Å². The summed E-state index contributed by atoms with van der Waals surface area (Å²) in [7, 11) is 3.84. The van der Waals surface area contributed by atoms with Gasteiger partial charge in [-0.1, -0.05) is 0 Å². The molecule has 0 amide bonds. The lowest BCUT2D eigenvalue weighted by Gasteiger charge is -2.38. The van der Waals surface area contributed by atoms with Crippen LogP contribution in [-0.4, -0.2) is 61.0 Å². The lowest BCUT2D eigenvalue weighted by Crippen LogP contribution is -2.57. The average molecular weight is 217 g/mol. The van der Waals surface area contributed by atoms with E-state index >= 15 is 0 Å². The van der Waals surface area contributed by atoms with E-state index in [4.69, 9.17) is 14.2 Å². The third-order valence-electron chi connectivity index (χ3n) is 2.85. The van der Waals surface area contributed by atoms with Gasteiger partial charge < -0.3 is 24.2 Å². The average Bonchev–Trinajstić information content (AvgIpc) is 2.37. The molecule has 2 aliphatic rings. The Balaban J connectivity index is 2.16. The predicted octanol–water partition coefficient (Wildman–Crippen LogP) is -0.215. The third kappa shape index (κ3) is 2.03. The molecule has 15 heavy (non-hydrogen) atoms. The molecule has 2 heterocycles. The normalized spacial score (nSPS) is 44.4. The fourth-order valence-electron chi connectivity index (χ4n) is 2.27. The van der Waals surface area contributed by atoms with E-state index in [9.17, 15) is 5.11 Å². The number of hydrogen-bond donors (Lipinski definition) is 1. The summed E-state index contributed by atoms with van der Waals surface area (Å²) in [5.41, 5.74) is 0. The van der Waals surface area contributed by atoms with Crippen molar-refractivity contribution in [1.82, 2.24) is 4.90 Å². The van der Waals surface area contributed by atoms with Crippen molar-refractivity contribution in [1.29, 1.82) is 0 Å². The Morgan fingerprint density at radius 1 is 1.27 bits per heavy atom. The standard InChI is InChI=1S/C10H19NO4/c1-10(2)14-8-7(11(3)4)6(12)5-13-9(8)15-10/h6-9,12H,5H2,1-4H3/t6-,7+,8-,9+/m1/s1. The molecule has 4 atom stereocenters. The summed E-state index contributed by atoms with van der Waals surface area (Å²) in [5.74, 6) is -0.631. The number of fused-ring (bicyclic) bond motifs is 1. The number of likely N-dealkylation sites (N-methyl/N-ethyl adjacent to an activating group) is 1. The Labute approximate surface area is 89.9 Å². The lowest BCUT2D eigenvalue weighted by atomic mass is 10.0. The van der Waals surface area contributed by atoms with Crippen LogP contribution >= 0.6 is 0 Å². The zero-order valence-electron chi connectivity index (χ0n) is 9.64. The molecular weight excluding hydrogens is 198 g/mol. The predicted molar refractivity (Wildman–Crippen MR) is 53.3 cm³/mol. The maximum Gasteiger partial charge on any atom is 0.188 e. The summed E-state index contributed by atoms with van der Waals surface area (Å²) >= 11 is 0. The van der Waals surface area contributed by atoms with Crippen LogP contribution in [0.5, 0.6) is 0 Å². The SMILES string of the molecule is CN(C)[C@@H]1[C@H]2OC(C)(C)O[C@@H]2OC[C@H]1O. The van der Waals surface area contributed by atoms with E-state index < -0.39 is 11.9 Å². The molecule has 0 saturated carbocycles. The molecule has 0 unspecified atom stereocenters. The van der Waals surface area contributed by atoms with E-state index in [-0.39, 0.29) is 18.4 Å². The number of rotatable bonds is 1. The maximum atomic E-state index is 9.85. The smallest absolute Gasteiger partial charge is 0.188 e. The van der Waals surface area contributed by atoms with E-state index in [1.807, 2.05) is 32.8 Å². The molecule has 5 nitrogen and oxygen atoms in total. The van der Waals surface area contributed by atoms with Crippen molar-refractivity contribution >= 4 is 0 Å². The fourth-order valence-corrected chi connectivity index (χ4v) is 2.27. The highest BCUT2D eigenvalue weighted by Crippen LogP contribution is 2.35. The Kier molecular flexibility index (Phi) is 2.77. The number of ether oxygens (including phenoxy) is 3. The number of hydrogen-bond acceptors (Lipinski definition) is 5. The van der Waals surface area contributed by atoms with Gasteiger partial charge in [-0.3, -0.25) is 0 Å². The van der Waals surface area contributed by atoms with Gasteiger partial charge in [0.1, 0.15) is 6.10 Å². The Bertz CT molecular complexity index is 244. The highest BCUT2D eigenvalue weighted by Gasteiger charge is 2.51. The van der Waals surface area contributed by atoms with Crippen molar-refractivity contribution in [2.75, 3.05) is 20.7 Å². The van der Waals surface area contributed by atoms with Crippen LogP contribution in [0.2, 0.25) is 0 Å². The summed E-state index contributed by atoms with van der Waals surface area (Å²) in [6.07, 6.45) is -1.12. The van der Waals surface area contributed by atoms with Crippen LogP contribution in [0.1, 0.15) is 13.8 Å². The second-order valence-corrected chi connectivity index (χ2v) is 4.82. The van der Waals surface area contributed by atoms with Crippen molar-refractivity contribution in [2.45, 2.75) is 44.2 Å². The van der Waals surface area contributed by atoms with Crippen LogP contribution in [0.4, 0.5) is 0 Å². The van der Waals surface area contributed by atoms with E-state index in [0.29, 0.717) is 6.61 Å². The van der Waals surface area contributed by atoms with Crippen LogP contribution < -0.4 is 0 Å². The zero-order chi connectivity index (χ0) is 11.2. The Morgan fingerprint density at radius 3 is 2.53 bits per heavy atom. The van der Waals surface area contributed by atoms with Gasteiger partial charge in [0.05, 0.1) is 18.8 Å². The molecule has 88 valence electrons. The van der Waals surface area contributed by atoms with Gasteiger partial charge in [-0.2, -0.15) is 0 Å². The van der Waals surface area contributed by atoms with Gasteiger partial charge in [-0.15, -0.1) is 0 Å². The molecule has 0 bridgehead atoms. The molecule has 2 saturated heterocycles. The fraction of sp³-hybridized carbons (Fsp3) is 1.00. The van der Waals surface area contributed by atoms with Crippen LogP contribution in [0.25, 0.3) is 0 Å². The second-order valence-electron chi connectivity index (χ2n) is 4.82. The van der Waals surface area contributed by atoms with E-state index in [1.165, 1.54) is 0 Å². The van der Waals surface area contributed by atoms with Gasteiger partial charge in [0.2, 0.25) is 0 Å². The van der Waals surface area contributed by atoms with E-state index in [0.717, 1.165) is 0 Å². The maximum absolute atomic E-state index is 9.85. The third-order valence-corrected chi connectivity index (χ3v) is 2.85. The summed E-state index contributed by atoms with van der Waals surface area (Å²) < 4.78 is 16.8. The van der Waals surface area contributed by atoms with Gasteiger partial charge in [0.15, 0.2) is 12.1 Å². The second kappa shape index (κ2) is 3.68. The number of aliphatic hydroxyl groups excluding tert-OH is 1. The van der Waals surface area contributed by atoms with Gasteiger partial charge >= 0.3 is 0 Å². The molecule has 1 N–H and O–H groups in total. The van der Waals surface area contributed by atoms with Gasteiger partial charge in [-0.05, 0) is 27.9 Å². The van der Waals surface area contributed by atoms with Crippen LogP contribution in [0, 0.1) is 0 Å². The first kappa shape index (κ1) is 11.3. The van der Waals surface area contributed by atoms with Crippen LogP contribution in [0.15, 0.2) is 0 Å². The summed E-state index contributed by atoms with van der Waals surface area (Å²) in [6.45, 7) is 4.00. The molecule has 0 aromatic carbocycles. The quantitative estimate of drug-likeness (QED) is 0.658. The minimum absolute atomic E-state index is 0.0782. The zero-order valence-corrected chi connectivity index (χ0v) is 9.64. The monoisotopic (exact) mass is 217 g/mol. The van der Waals surface area contributed by atoms with Gasteiger partial charge in [0, 0.05) is 0 Å². The van der Waals surface area contributed by atoms with E-state index in [2.05, 4.69) is 0 Å². The number of nitrogens with zero attached hydrogens (tertiary/aromatic N) is 1. The first-order valence-electron chi connectivity index (χ1n) is 5.22. The van der Waals surface area contributed by atoms with E-state index in [1.54, 1.807) is 0 Å².